The minimum atomic E-state index is -0.228. The number of nitrogens with zero attached hydrogens (tertiary/aromatic N) is 4. The Morgan fingerprint density at radius 3 is 2.40 bits per heavy atom. The van der Waals surface area contributed by atoms with Crippen LogP contribution in [-0.4, -0.2) is 14.8 Å². The summed E-state index contributed by atoms with van der Waals surface area (Å²) in [5.41, 5.74) is 4.19. The molecule has 146 valence electrons. The number of azo groups is 1. The summed E-state index contributed by atoms with van der Waals surface area (Å²) in [7, 11) is 0. The third-order valence-electron chi connectivity index (χ3n) is 4.73. The number of aryl methyl sites for hydroxylation is 1. The normalized spacial score (nSPS) is 11.5. The van der Waals surface area contributed by atoms with Gasteiger partial charge >= 0.3 is 0 Å². The molecule has 0 fully saturated rings. The number of para-hydroxylation sites is 2. The highest BCUT2D eigenvalue weighted by molar-refractivity contribution is 7.21. The fourth-order valence-electron chi connectivity index (χ4n) is 3.19. The van der Waals surface area contributed by atoms with Gasteiger partial charge in [-0.15, -0.1) is 16.5 Å². The van der Waals surface area contributed by atoms with Crippen molar-refractivity contribution in [3.8, 4) is 16.3 Å². The highest BCUT2D eigenvalue weighted by Crippen LogP contribution is 2.31. The monoisotopic (exact) mass is 411 g/mol. The molecule has 0 aliphatic carbocycles. The van der Waals surface area contributed by atoms with Crippen LogP contribution in [0.4, 0.5) is 11.4 Å². The molecule has 0 bridgehead atoms. The molecule has 2 heterocycles. The van der Waals surface area contributed by atoms with Gasteiger partial charge in [0.2, 0.25) is 0 Å². The molecule has 0 aliphatic heterocycles. The SMILES string of the molecule is Cc1[nH]n(-c2ccccc2)c(=O)c1N=Nc1ccc(-c2nc3ccccc3s2)cc1. The molecule has 0 unspecified atom stereocenters. The summed E-state index contributed by atoms with van der Waals surface area (Å²) in [5, 5.41) is 12.5. The molecule has 0 aliphatic rings. The lowest BCUT2D eigenvalue weighted by atomic mass is 10.2. The van der Waals surface area contributed by atoms with Crippen molar-refractivity contribution in [2.75, 3.05) is 0 Å². The van der Waals surface area contributed by atoms with Crippen LogP contribution < -0.4 is 5.56 Å². The molecule has 7 heteroatoms. The van der Waals surface area contributed by atoms with Gasteiger partial charge in [0, 0.05) is 5.56 Å². The van der Waals surface area contributed by atoms with Crippen LogP contribution in [0.15, 0.2) is 93.9 Å². The molecule has 1 N–H and O–H groups in total. The zero-order valence-corrected chi connectivity index (χ0v) is 16.9. The van der Waals surface area contributed by atoms with E-state index in [-0.39, 0.29) is 5.56 Å². The van der Waals surface area contributed by atoms with E-state index < -0.39 is 0 Å². The maximum atomic E-state index is 12.7. The van der Waals surface area contributed by atoms with Gasteiger partial charge in [0.15, 0.2) is 5.69 Å². The summed E-state index contributed by atoms with van der Waals surface area (Å²) in [6.07, 6.45) is 0. The van der Waals surface area contributed by atoms with Gasteiger partial charge in [-0.2, -0.15) is 5.11 Å². The van der Waals surface area contributed by atoms with E-state index in [0.29, 0.717) is 17.1 Å². The van der Waals surface area contributed by atoms with Gasteiger partial charge in [0.05, 0.1) is 27.3 Å². The summed E-state index contributed by atoms with van der Waals surface area (Å²) in [6, 6.07) is 25.2. The van der Waals surface area contributed by atoms with Crippen LogP contribution in [0.1, 0.15) is 5.69 Å². The van der Waals surface area contributed by atoms with Crippen LogP contribution >= 0.6 is 11.3 Å². The van der Waals surface area contributed by atoms with Crippen LogP contribution in [0.25, 0.3) is 26.5 Å². The standard InChI is InChI=1S/C23H17N5OS/c1-15-21(23(29)28(27-15)18-7-3-2-4-8-18)26-25-17-13-11-16(12-14-17)22-24-19-9-5-6-10-20(19)30-22/h2-14,27H,1H3. The van der Waals surface area contributed by atoms with Crippen LogP contribution in [0, 0.1) is 6.92 Å². The Morgan fingerprint density at radius 1 is 0.900 bits per heavy atom. The lowest BCUT2D eigenvalue weighted by molar-refractivity contribution is 0.835. The molecular formula is C23H17N5OS. The van der Waals surface area contributed by atoms with E-state index in [9.17, 15) is 4.79 Å². The van der Waals surface area contributed by atoms with E-state index in [4.69, 9.17) is 0 Å². The molecule has 30 heavy (non-hydrogen) atoms. The highest BCUT2D eigenvalue weighted by Gasteiger charge is 2.12. The number of aromatic nitrogens is 3. The van der Waals surface area contributed by atoms with Gasteiger partial charge in [0.25, 0.3) is 5.56 Å². The van der Waals surface area contributed by atoms with Gasteiger partial charge in [-0.1, -0.05) is 30.3 Å². The number of aromatic amines is 1. The lowest BCUT2D eigenvalue weighted by Crippen LogP contribution is -2.13. The van der Waals surface area contributed by atoms with E-state index in [2.05, 4.69) is 26.4 Å². The van der Waals surface area contributed by atoms with Crippen LogP contribution in [-0.2, 0) is 0 Å². The number of benzene rings is 3. The van der Waals surface area contributed by atoms with Crippen molar-refractivity contribution in [3.05, 3.63) is 94.9 Å². The number of thiazole rings is 1. The number of hydrogen-bond donors (Lipinski definition) is 1. The van der Waals surface area contributed by atoms with Crippen molar-refractivity contribution < 1.29 is 0 Å². The van der Waals surface area contributed by atoms with E-state index in [1.165, 1.54) is 4.68 Å². The second-order valence-corrected chi connectivity index (χ2v) is 7.83. The molecular weight excluding hydrogens is 394 g/mol. The van der Waals surface area contributed by atoms with Crippen molar-refractivity contribution in [1.29, 1.82) is 0 Å². The molecule has 0 spiro atoms. The maximum absolute atomic E-state index is 12.7. The fraction of sp³-hybridized carbons (Fsp3) is 0.0435. The number of H-pyrrole nitrogens is 1. The number of fused-ring (bicyclic) bond motifs is 1. The van der Waals surface area contributed by atoms with E-state index in [1.807, 2.05) is 79.7 Å². The summed E-state index contributed by atoms with van der Waals surface area (Å²) in [6.45, 7) is 1.81. The minimum Gasteiger partial charge on any atom is -0.293 e. The molecule has 3 aromatic carbocycles. The number of hydrogen-bond acceptors (Lipinski definition) is 5. The average Bonchev–Trinajstić information content (AvgIpc) is 3.34. The Hall–Kier alpha value is -3.84. The third kappa shape index (κ3) is 3.35. The van der Waals surface area contributed by atoms with Crippen LogP contribution in [0.5, 0.6) is 0 Å². The summed E-state index contributed by atoms with van der Waals surface area (Å²) in [5.74, 6) is 0. The Labute approximate surface area is 176 Å². The van der Waals surface area contributed by atoms with Crippen molar-refractivity contribution in [2.24, 2.45) is 10.2 Å². The summed E-state index contributed by atoms with van der Waals surface area (Å²) >= 11 is 1.66. The molecule has 5 aromatic rings. The topological polar surface area (TPSA) is 75.4 Å². The van der Waals surface area contributed by atoms with Gasteiger partial charge < -0.3 is 0 Å². The smallest absolute Gasteiger partial charge is 0.293 e. The van der Waals surface area contributed by atoms with Crippen molar-refractivity contribution >= 4 is 32.9 Å². The first-order valence-corrected chi connectivity index (χ1v) is 10.3. The number of rotatable bonds is 4. The zero-order chi connectivity index (χ0) is 20.5. The molecule has 2 aromatic heterocycles. The van der Waals surface area contributed by atoms with Crippen LogP contribution in [0.3, 0.4) is 0 Å². The molecule has 0 saturated heterocycles. The predicted molar refractivity (Wildman–Crippen MR) is 120 cm³/mol. The highest BCUT2D eigenvalue weighted by atomic mass is 32.1. The molecule has 0 saturated carbocycles. The van der Waals surface area contributed by atoms with Crippen LogP contribution in [0.2, 0.25) is 0 Å². The van der Waals surface area contributed by atoms with E-state index in [0.717, 1.165) is 26.5 Å². The zero-order valence-electron chi connectivity index (χ0n) is 16.1. The van der Waals surface area contributed by atoms with Gasteiger partial charge in [-0.05, 0) is 55.5 Å². The quantitative estimate of drug-likeness (QED) is 0.359. The first-order chi connectivity index (χ1) is 14.7. The number of nitrogens with one attached hydrogen (secondary N) is 1. The second-order valence-electron chi connectivity index (χ2n) is 6.80. The van der Waals surface area contributed by atoms with Crippen molar-refractivity contribution in [3.63, 3.8) is 0 Å². The van der Waals surface area contributed by atoms with Gasteiger partial charge in [0.1, 0.15) is 5.01 Å². The first-order valence-electron chi connectivity index (χ1n) is 9.44. The van der Waals surface area contributed by atoms with Crippen molar-refractivity contribution in [1.82, 2.24) is 14.8 Å². The Bertz CT molecular complexity index is 1380. The van der Waals surface area contributed by atoms with E-state index in [1.54, 1.807) is 11.3 Å². The minimum absolute atomic E-state index is 0.228. The Balaban J connectivity index is 1.41. The van der Waals surface area contributed by atoms with Crippen molar-refractivity contribution in [2.45, 2.75) is 6.92 Å². The molecule has 0 atom stereocenters. The van der Waals surface area contributed by atoms with Gasteiger partial charge in [-0.3, -0.25) is 9.89 Å². The largest absolute Gasteiger partial charge is 0.299 e. The predicted octanol–water partition coefficient (Wildman–Crippen LogP) is 6.17. The Kier molecular flexibility index (Phi) is 4.57. The molecule has 0 amide bonds. The van der Waals surface area contributed by atoms with E-state index >= 15 is 0 Å². The molecule has 0 radical (unpaired) electrons. The maximum Gasteiger partial charge on any atom is 0.299 e. The summed E-state index contributed by atoms with van der Waals surface area (Å²) < 4.78 is 2.63. The summed E-state index contributed by atoms with van der Waals surface area (Å²) in [4.78, 5) is 17.4. The fourth-order valence-corrected chi connectivity index (χ4v) is 4.16. The van der Waals surface area contributed by atoms with Gasteiger partial charge in [-0.25, -0.2) is 9.67 Å². The molecule has 5 rings (SSSR count). The average molecular weight is 411 g/mol. The first kappa shape index (κ1) is 18.2. The Morgan fingerprint density at radius 2 is 1.63 bits per heavy atom. The lowest BCUT2D eigenvalue weighted by Gasteiger charge is -1.99. The third-order valence-corrected chi connectivity index (χ3v) is 5.81. The second kappa shape index (κ2) is 7.53. The molecule has 6 nitrogen and oxygen atoms in total.